The van der Waals surface area contributed by atoms with Crippen molar-refractivity contribution in [3.8, 4) is 0 Å². The van der Waals surface area contributed by atoms with Gasteiger partial charge >= 0.3 is 0 Å². The van der Waals surface area contributed by atoms with Crippen molar-refractivity contribution in [2.45, 2.75) is 39.2 Å². The topological polar surface area (TPSA) is 89.5 Å². The molecule has 0 saturated carbocycles. The molecule has 1 aromatic rings. The molecule has 0 aromatic heterocycles. The number of piperidine rings is 1. The van der Waals surface area contributed by atoms with E-state index in [1.54, 1.807) is 12.1 Å². The Balaban J connectivity index is 2.31. The summed E-state index contributed by atoms with van der Waals surface area (Å²) in [7, 11) is 0. The van der Waals surface area contributed by atoms with Gasteiger partial charge in [-0.25, -0.2) is 0 Å². The molecule has 6 nitrogen and oxygen atoms in total. The number of hydrogen-bond donors (Lipinski definition) is 1. The number of carbonyl (C=O) groups excluding carboxylic acids is 1. The SMILES string of the molecule is CCC1CCN(c2ccc([N+](=O)[O-])c(C(N)=O)c2)C(C)C1. The molecular formula is C15H21N3O3. The Hall–Kier alpha value is -2.11. The second kappa shape index (κ2) is 6.11. The number of primary amides is 1. The van der Waals surface area contributed by atoms with Crippen molar-refractivity contribution >= 4 is 17.3 Å². The van der Waals surface area contributed by atoms with E-state index in [4.69, 9.17) is 5.73 Å². The Morgan fingerprint density at radius 3 is 2.76 bits per heavy atom. The van der Waals surface area contributed by atoms with Crippen LogP contribution in [0.3, 0.4) is 0 Å². The number of nitrogens with zero attached hydrogens (tertiary/aromatic N) is 2. The van der Waals surface area contributed by atoms with Gasteiger partial charge in [0.2, 0.25) is 0 Å². The lowest BCUT2D eigenvalue weighted by Gasteiger charge is -2.39. The van der Waals surface area contributed by atoms with Crippen molar-refractivity contribution in [2.75, 3.05) is 11.4 Å². The zero-order valence-corrected chi connectivity index (χ0v) is 12.4. The maximum atomic E-state index is 11.4. The molecule has 2 N–H and O–H groups in total. The third-order valence-corrected chi connectivity index (χ3v) is 4.34. The molecule has 2 unspecified atom stereocenters. The highest BCUT2D eigenvalue weighted by molar-refractivity contribution is 5.98. The molecule has 1 aromatic carbocycles. The third kappa shape index (κ3) is 3.15. The molecule has 1 fully saturated rings. The molecule has 21 heavy (non-hydrogen) atoms. The molecule has 1 amide bonds. The molecule has 6 heteroatoms. The first-order chi connectivity index (χ1) is 9.93. The van der Waals surface area contributed by atoms with Gasteiger partial charge in [-0.15, -0.1) is 0 Å². The van der Waals surface area contributed by atoms with Crippen LogP contribution in [-0.2, 0) is 0 Å². The van der Waals surface area contributed by atoms with Gasteiger partial charge in [0.15, 0.2) is 0 Å². The summed E-state index contributed by atoms with van der Waals surface area (Å²) in [6.45, 7) is 5.24. The van der Waals surface area contributed by atoms with Crippen LogP contribution in [0.4, 0.5) is 11.4 Å². The fourth-order valence-corrected chi connectivity index (χ4v) is 3.08. The molecule has 0 radical (unpaired) electrons. The number of hydrogen-bond acceptors (Lipinski definition) is 4. The van der Waals surface area contributed by atoms with Gasteiger partial charge in [0.1, 0.15) is 5.56 Å². The summed E-state index contributed by atoms with van der Waals surface area (Å²) >= 11 is 0. The summed E-state index contributed by atoms with van der Waals surface area (Å²) in [5, 5.41) is 10.9. The van der Waals surface area contributed by atoms with Crippen LogP contribution in [0.5, 0.6) is 0 Å². The van der Waals surface area contributed by atoms with Gasteiger partial charge in [-0.05, 0) is 37.8 Å². The van der Waals surface area contributed by atoms with E-state index in [0.717, 1.165) is 31.0 Å². The van der Waals surface area contributed by atoms with Crippen molar-refractivity contribution in [1.82, 2.24) is 0 Å². The summed E-state index contributed by atoms with van der Waals surface area (Å²) < 4.78 is 0. The lowest BCUT2D eigenvalue weighted by Crippen LogP contribution is -2.40. The minimum absolute atomic E-state index is 0.0256. The van der Waals surface area contributed by atoms with Crippen LogP contribution in [0.1, 0.15) is 43.5 Å². The number of benzene rings is 1. The number of nitro groups is 1. The first kappa shape index (κ1) is 15.3. The van der Waals surface area contributed by atoms with Gasteiger partial charge < -0.3 is 10.6 Å². The lowest BCUT2D eigenvalue weighted by molar-refractivity contribution is -0.385. The molecule has 1 heterocycles. The van der Waals surface area contributed by atoms with Crippen molar-refractivity contribution in [2.24, 2.45) is 11.7 Å². The number of nitrogens with two attached hydrogens (primary N) is 1. The lowest BCUT2D eigenvalue weighted by atomic mass is 9.89. The molecule has 0 aliphatic carbocycles. The summed E-state index contributed by atoms with van der Waals surface area (Å²) in [5.74, 6) is -0.0374. The molecule has 2 rings (SSSR count). The van der Waals surface area contributed by atoms with Gasteiger partial charge in [-0.1, -0.05) is 13.3 Å². The molecule has 2 atom stereocenters. The second-order valence-corrected chi connectivity index (χ2v) is 5.66. The van der Waals surface area contributed by atoms with Gasteiger partial charge in [0.05, 0.1) is 4.92 Å². The molecule has 1 saturated heterocycles. The number of amides is 1. The number of anilines is 1. The van der Waals surface area contributed by atoms with Crippen molar-refractivity contribution in [3.63, 3.8) is 0 Å². The zero-order valence-electron chi connectivity index (χ0n) is 12.4. The average molecular weight is 291 g/mol. The van der Waals surface area contributed by atoms with E-state index in [1.165, 1.54) is 12.5 Å². The average Bonchev–Trinajstić information content (AvgIpc) is 2.46. The Bertz CT molecular complexity index is 559. The van der Waals surface area contributed by atoms with E-state index < -0.39 is 10.8 Å². The highest BCUT2D eigenvalue weighted by Crippen LogP contribution is 2.32. The summed E-state index contributed by atoms with van der Waals surface area (Å²) in [4.78, 5) is 24.0. The molecule has 0 bridgehead atoms. The monoisotopic (exact) mass is 291 g/mol. The van der Waals surface area contributed by atoms with Crippen LogP contribution >= 0.6 is 0 Å². The Kier molecular flexibility index (Phi) is 4.45. The van der Waals surface area contributed by atoms with Gasteiger partial charge in [0, 0.05) is 24.3 Å². The van der Waals surface area contributed by atoms with Crippen molar-refractivity contribution in [1.29, 1.82) is 0 Å². The summed E-state index contributed by atoms with van der Waals surface area (Å²) in [5.41, 5.74) is 5.84. The molecule has 1 aliphatic rings. The van der Waals surface area contributed by atoms with Crippen LogP contribution in [0.15, 0.2) is 18.2 Å². The van der Waals surface area contributed by atoms with E-state index in [-0.39, 0.29) is 11.3 Å². The Labute approximate surface area is 124 Å². The highest BCUT2D eigenvalue weighted by atomic mass is 16.6. The normalized spacial score (nSPS) is 22.1. The van der Waals surface area contributed by atoms with Crippen LogP contribution < -0.4 is 10.6 Å². The van der Waals surface area contributed by atoms with E-state index in [0.29, 0.717) is 6.04 Å². The number of nitro benzene ring substituents is 1. The largest absolute Gasteiger partial charge is 0.369 e. The van der Waals surface area contributed by atoms with Crippen LogP contribution in [0.25, 0.3) is 0 Å². The van der Waals surface area contributed by atoms with E-state index >= 15 is 0 Å². The maximum absolute atomic E-state index is 11.4. The minimum Gasteiger partial charge on any atom is -0.369 e. The van der Waals surface area contributed by atoms with Gasteiger partial charge in [0.25, 0.3) is 11.6 Å². The Morgan fingerprint density at radius 2 is 2.24 bits per heavy atom. The third-order valence-electron chi connectivity index (χ3n) is 4.34. The molecule has 0 spiro atoms. The maximum Gasteiger partial charge on any atom is 0.282 e. The highest BCUT2D eigenvalue weighted by Gasteiger charge is 2.26. The fraction of sp³-hybridized carbons (Fsp3) is 0.533. The molecule has 114 valence electrons. The first-order valence-electron chi connectivity index (χ1n) is 7.29. The van der Waals surface area contributed by atoms with E-state index in [9.17, 15) is 14.9 Å². The van der Waals surface area contributed by atoms with Crippen molar-refractivity contribution in [3.05, 3.63) is 33.9 Å². The quantitative estimate of drug-likeness (QED) is 0.682. The van der Waals surface area contributed by atoms with Crippen LogP contribution in [-0.4, -0.2) is 23.4 Å². The predicted molar refractivity (Wildman–Crippen MR) is 81.4 cm³/mol. The number of rotatable bonds is 4. The van der Waals surface area contributed by atoms with Gasteiger partial charge in [-0.3, -0.25) is 14.9 Å². The van der Waals surface area contributed by atoms with Crippen LogP contribution in [0.2, 0.25) is 0 Å². The van der Waals surface area contributed by atoms with Gasteiger partial charge in [-0.2, -0.15) is 0 Å². The standard InChI is InChI=1S/C15H21N3O3/c1-3-11-6-7-17(10(2)8-11)12-4-5-14(18(20)21)13(9-12)15(16)19/h4-5,9-11H,3,6-8H2,1-2H3,(H2,16,19). The Morgan fingerprint density at radius 1 is 1.52 bits per heavy atom. The van der Waals surface area contributed by atoms with E-state index in [2.05, 4.69) is 18.7 Å². The van der Waals surface area contributed by atoms with E-state index in [1.807, 2.05) is 0 Å². The molecule has 1 aliphatic heterocycles. The smallest absolute Gasteiger partial charge is 0.282 e. The van der Waals surface area contributed by atoms with Crippen molar-refractivity contribution < 1.29 is 9.72 Å². The first-order valence-corrected chi connectivity index (χ1v) is 7.29. The predicted octanol–water partition coefficient (Wildman–Crippen LogP) is 2.71. The molecular weight excluding hydrogens is 270 g/mol. The second-order valence-electron chi connectivity index (χ2n) is 5.66. The van der Waals surface area contributed by atoms with Crippen LogP contribution in [0, 0.1) is 16.0 Å². The fourth-order valence-electron chi connectivity index (χ4n) is 3.08. The number of carbonyl (C=O) groups is 1. The summed E-state index contributed by atoms with van der Waals surface area (Å²) in [6, 6.07) is 4.97. The zero-order chi connectivity index (χ0) is 15.6. The minimum atomic E-state index is -0.764. The summed E-state index contributed by atoms with van der Waals surface area (Å²) in [6.07, 6.45) is 3.37.